The average molecular weight is 438 g/mol. The molecular formula is C27H39N3O2. The SMILES string of the molecule is COc1ccc(CN2CCCC3(CCN(Cc4ccncc4)CC3)C2)c(OC)c1C(C)C. The van der Waals surface area contributed by atoms with Gasteiger partial charge in [-0.1, -0.05) is 19.9 Å². The molecule has 0 saturated carbocycles. The summed E-state index contributed by atoms with van der Waals surface area (Å²) in [6.45, 7) is 11.2. The molecule has 0 atom stereocenters. The van der Waals surface area contributed by atoms with Crippen LogP contribution >= 0.6 is 0 Å². The molecule has 0 bridgehead atoms. The maximum Gasteiger partial charge on any atom is 0.130 e. The number of hydrogen-bond donors (Lipinski definition) is 0. The minimum absolute atomic E-state index is 0.359. The highest BCUT2D eigenvalue weighted by atomic mass is 16.5. The third kappa shape index (κ3) is 5.10. The lowest BCUT2D eigenvalue weighted by Crippen LogP contribution is -2.49. The first-order valence-corrected chi connectivity index (χ1v) is 12.1. The quantitative estimate of drug-likeness (QED) is 0.602. The fourth-order valence-corrected chi connectivity index (χ4v) is 5.74. The van der Waals surface area contributed by atoms with Crippen molar-refractivity contribution < 1.29 is 9.47 Å². The van der Waals surface area contributed by atoms with Crippen molar-refractivity contribution >= 4 is 0 Å². The van der Waals surface area contributed by atoms with Gasteiger partial charge in [0.25, 0.3) is 0 Å². The molecule has 1 spiro atoms. The van der Waals surface area contributed by atoms with E-state index in [-0.39, 0.29) is 0 Å². The molecule has 0 unspecified atom stereocenters. The Bertz CT molecular complexity index is 876. The van der Waals surface area contributed by atoms with Crippen LogP contribution in [0.5, 0.6) is 11.5 Å². The number of nitrogens with zero attached hydrogens (tertiary/aromatic N) is 3. The summed E-state index contributed by atoms with van der Waals surface area (Å²) < 4.78 is 11.5. The highest BCUT2D eigenvalue weighted by molar-refractivity contribution is 5.51. The maximum absolute atomic E-state index is 5.91. The smallest absolute Gasteiger partial charge is 0.130 e. The zero-order chi connectivity index (χ0) is 22.6. The highest BCUT2D eigenvalue weighted by Crippen LogP contribution is 2.42. The van der Waals surface area contributed by atoms with Gasteiger partial charge in [0.2, 0.25) is 0 Å². The largest absolute Gasteiger partial charge is 0.496 e. The maximum atomic E-state index is 5.91. The van der Waals surface area contributed by atoms with Gasteiger partial charge in [0.05, 0.1) is 14.2 Å². The van der Waals surface area contributed by atoms with Crippen LogP contribution in [0.15, 0.2) is 36.7 Å². The Balaban J connectivity index is 1.41. The van der Waals surface area contributed by atoms with Crippen molar-refractivity contribution in [1.82, 2.24) is 14.8 Å². The molecule has 2 saturated heterocycles. The van der Waals surface area contributed by atoms with Gasteiger partial charge in [-0.15, -0.1) is 0 Å². The zero-order valence-corrected chi connectivity index (χ0v) is 20.3. The Labute approximate surface area is 193 Å². The number of hydrogen-bond acceptors (Lipinski definition) is 5. The number of ether oxygens (including phenoxy) is 2. The summed E-state index contributed by atoms with van der Waals surface area (Å²) >= 11 is 0. The van der Waals surface area contributed by atoms with Crippen LogP contribution in [-0.2, 0) is 13.1 Å². The van der Waals surface area contributed by atoms with Crippen LogP contribution in [0.1, 0.15) is 62.1 Å². The Morgan fingerprint density at radius 3 is 2.31 bits per heavy atom. The van der Waals surface area contributed by atoms with Gasteiger partial charge in [-0.25, -0.2) is 0 Å². The number of methoxy groups -OCH3 is 2. The van der Waals surface area contributed by atoms with E-state index >= 15 is 0 Å². The van der Waals surface area contributed by atoms with Gasteiger partial charge in [-0.3, -0.25) is 14.8 Å². The second-order valence-corrected chi connectivity index (χ2v) is 9.97. The fraction of sp³-hybridized carbons (Fsp3) is 0.593. The summed E-state index contributed by atoms with van der Waals surface area (Å²) in [7, 11) is 3.54. The molecule has 4 rings (SSSR count). The molecule has 32 heavy (non-hydrogen) atoms. The van der Waals surface area contributed by atoms with Crippen LogP contribution in [-0.4, -0.2) is 55.2 Å². The van der Waals surface area contributed by atoms with E-state index in [2.05, 4.69) is 52.9 Å². The molecule has 1 aromatic carbocycles. The van der Waals surface area contributed by atoms with Crippen LogP contribution in [0.3, 0.4) is 0 Å². The Hall–Kier alpha value is -2.11. The molecule has 0 amide bonds. The molecule has 174 valence electrons. The summed E-state index contributed by atoms with van der Waals surface area (Å²) in [6.07, 6.45) is 9.05. The van der Waals surface area contributed by atoms with Gasteiger partial charge < -0.3 is 9.47 Å². The number of likely N-dealkylation sites (tertiary alicyclic amines) is 2. The van der Waals surface area contributed by atoms with Crippen molar-refractivity contribution in [2.45, 2.75) is 58.5 Å². The third-order valence-corrected chi connectivity index (χ3v) is 7.45. The minimum atomic E-state index is 0.359. The van der Waals surface area contributed by atoms with Crippen LogP contribution in [0.25, 0.3) is 0 Å². The predicted octanol–water partition coefficient (Wildman–Crippen LogP) is 5.10. The van der Waals surface area contributed by atoms with Gasteiger partial charge >= 0.3 is 0 Å². The van der Waals surface area contributed by atoms with E-state index in [4.69, 9.17) is 9.47 Å². The Morgan fingerprint density at radius 1 is 0.906 bits per heavy atom. The van der Waals surface area contributed by atoms with Crippen molar-refractivity contribution in [2.24, 2.45) is 5.41 Å². The topological polar surface area (TPSA) is 37.8 Å². The molecule has 2 aliphatic rings. The van der Waals surface area contributed by atoms with Crippen molar-refractivity contribution in [3.05, 3.63) is 53.3 Å². The van der Waals surface area contributed by atoms with Crippen LogP contribution < -0.4 is 9.47 Å². The van der Waals surface area contributed by atoms with E-state index in [9.17, 15) is 0 Å². The number of pyridine rings is 1. The molecule has 2 fully saturated rings. The van der Waals surface area contributed by atoms with Gasteiger partial charge in [-0.2, -0.15) is 0 Å². The first-order valence-electron chi connectivity index (χ1n) is 12.1. The van der Waals surface area contributed by atoms with Crippen molar-refractivity contribution in [3.63, 3.8) is 0 Å². The monoisotopic (exact) mass is 437 g/mol. The lowest BCUT2D eigenvalue weighted by molar-refractivity contribution is 0.0183. The number of benzene rings is 1. The summed E-state index contributed by atoms with van der Waals surface area (Å²) in [5, 5.41) is 0. The number of rotatable bonds is 7. The Morgan fingerprint density at radius 2 is 1.66 bits per heavy atom. The van der Waals surface area contributed by atoms with E-state index < -0.39 is 0 Å². The number of aromatic nitrogens is 1. The van der Waals surface area contributed by atoms with E-state index in [1.807, 2.05) is 12.4 Å². The lowest BCUT2D eigenvalue weighted by atomic mass is 9.72. The molecule has 2 aromatic rings. The van der Waals surface area contributed by atoms with E-state index in [0.717, 1.165) is 24.6 Å². The Kier molecular flexibility index (Phi) is 7.37. The first kappa shape index (κ1) is 23.1. The molecule has 0 N–H and O–H groups in total. The van der Waals surface area contributed by atoms with Crippen LogP contribution in [0.2, 0.25) is 0 Å². The molecule has 0 aliphatic carbocycles. The van der Waals surface area contributed by atoms with E-state index in [1.165, 1.54) is 68.6 Å². The fourth-order valence-electron chi connectivity index (χ4n) is 5.74. The lowest BCUT2D eigenvalue weighted by Gasteiger charge is -2.48. The molecular weight excluding hydrogens is 398 g/mol. The normalized spacial score (nSPS) is 19.4. The summed E-state index contributed by atoms with van der Waals surface area (Å²) in [4.78, 5) is 9.42. The average Bonchev–Trinajstić information content (AvgIpc) is 2.81. The van der Waals surface area contributed by atoms with E-state index in [1.54, 1.807) is 14.2 Å². The molecule has 5 heteroatoms. The molecule has 5 nitrogen and oxygen atoms in total. The molecule has 0 radical (unpaired) electrons. The second-order valence-electron chi connectivity index (χ2n) is 9.97. The standard InChI is InChI=1S/C27H39N3O2/c1-21(2)25-24(31-3)7-6-23(26(25)32-4)19-30-15-5-10-27(20-30)11-16-29(17-12-27)18-22-8-13-28-14-9-22/h6-9,13-14,21H,5,10-12,15-20H2,1-4H3. The van der Waals surface area contributed by atoms with Crippen molar-refractivity contribution in [1.29, 1.82) is 0 Å². The predicted molar refractivity (Wildman–Crippen MR) is 129 cm³/mol. The second kappa shape index (κ2) is 10.2. The van der Waals surface area contributed by atoms with Crippen molar-refractivity contribution in [3.8, 4) is 11.5 Å². The van der Waals surface area contributed by atoms with Gasteiger partial charge in [-0.05, 0) is 80.4 Å². The molecule has 2 aliphatic heterocycles. The third-order valence-electron chi connectivity index (χ3n) is 7.45. The highest BCUT2D eigenvalue weighted by Gasteiger charge is 2.38. The minimum Gasteiger partial charge on any atom is -0.496 e. The van der Waals surface area contributed by atoms with Gasteiger partial charge in [0, 0.05) is 43.2 Å². The van der Waals surface area contributed by atoms with E-state index in [0.29, 0.717) is 11.3 Å². The molecule has 3 heterocycles. The summed E-state index contributed by atoms with van der Waals surface area (Å²) in [5.74, 6) is 2.29. The molecule has 1 aromatic heterocycles. The first-order chi connectivity index (χ1) is 15.5. The number of piperidine rings is 2. The zero-order valence-electron chi connectivity index (χ0n) is 20.3. The van der Waals surface area contributed by atoms with Crippen LogP contribution in [0, 0.1) is 5.41 Å². The van der Waals surface area contributed by atoms with Gasteiger partial charge in [0.15, 0.2) is 0 Å². The summed E-state index contributed by atoms with van der Waals surface area (Å²) in [6, 6.07) is 8.59. The summed E-state index contributed by atoms with van der Waals surface area (Å²) in [5.41, 5.74) is 4.30. The van der Waals surface area contributed by atoms with Gasteiger partial charge in [0.1, 0.15) is 11.5 Å². The van der Waals surface area contributed by atoms with Crippen molar-refractivity contribution in [2.75, 3.05) is 40.4 Å². The van der Waals surface area contributed by atoms with Crippen LogP contribution in [0.4, 0.5) is 0 Å².